The zero-order valence-corrected chi connectivity index (χ0v) is 5.57. The predicted molar refractivity (Wildman–Crippen MR) is 33.3 cm³/mol. The van der Waals surface area contributed by atoms with Crippen molar-refractivity contribution in [3.63, 3.8) is 0 Å². The fourth-order valence-electron chi connectivity index (χ4n) is 0.899. The number of carboxylic acid groups (broad SMARTS) is 1. The molecule has 0 spiro atoms. The van der Waals surface area contributed by atoms with Crippen molar-refractivity contribution in [3.05, 3.63) is 0 Å². The van der Waals surface area contributed by atoms with Crippen molar-refractivity contribution in [3.8, 4) is 0 Å². The molecule has 1 saturated heterocycles. The Morgan fingerprint density at radius 1 is 1.82 bits per heavy atom. The molecule has 6 heteroatoms. The van der Waals surface area contributed by atoms with Gasteiger partial charge in [0, 0.05) is 6.42 Å². The lowest BCUT2D eigenvalue weighted by Crippen LogP contribution is -2.48. The highest BCUT2D eigenvalue weighted by Crippen LogP contribution is 2.15. The van der Waals surface area contributed by atoms with E-state index in [2.05, 4.69) is 0 Å². The molecule has 11 heavy (non-hydrogen) atoms. The molecule has 1 heterocycles. The van der Waals surface area contributed by atoms with E-state index in [0.717, 1.165) is 0 Å². The van der Waals surface area contributed by atoms with Crippen LogP contribution in [0.1, 0.15) is 6.42 Å². The summed E-state index contributed by atoms with van der Waals surface area (Å²) < 4.78 is 0. The third-order valence-corrected chi connectivity index (χ3v) is 1.54. The fourth-order valence-corrected chi connectivity index (χ4v) is 0.899. The van der Waals surface area contributed by atoms with E-state index in [1.54, 1.807) is 0 Å². The summed E-state index contributed by atoms with van der Waals surface area (Å²) in [4.78, 5) is 20.9. The van der Waals surface area contributed by atoms with Crippen molar-refractivity contribution >= 4 is 11.9 Å². The van der Waals surface area contributed by atoms with Gasteiger partial charge in [0.15, 0.2) is 0 Å². The molecule has 2 atom stereocenters. The molecule has 1 aliphatic heterocycles. The van der Waals surface area contributed by atoms with Crippen molar-refractivity contribution in [2.75, 3.05) is 0 Å². The molecule has 1 rings (SSSR count). The first-order chi connectivity index (χ1) is 4.96. The van der Waals surface area contributed by atoms with Crippen LogP contribution in [0, 0.1) is 0 Å². The number of carboxylic acids is 1. The molecule has 62 valence electrons. The summed E-state index contributed by atoms with van der Waals surface area (Å²) in [5.41, 5.74) is 2.99. The van der Waals surface area contributed by atoms with E-state index in [1.807, 2.05) is 5.32 Å². The van der Waals surface area contributed by atoms with Gasteiger partial charge in [-0.1, -0.05) is 0 Å². The SMILES string of the molecule is NC1C[C@@](O)(C(=O)O)NC1=O. The zero-order chi connectivity index (χ0) is 8.65. The molecule has 1 fully saturated rings. The smallest absolute Gasteiger partial charge is 0.357 e. The second-order valence-corrected chi connectivity index (χ2v) is 2.47. The normalized spacial score (nSPS) is 36.9. The summed E-state index contributed by atoms with van der Waals surface area (Å²) in [6.45, 7) is 0. The first-order valence-electron chi connectivity index (χ1n) is 2.99. The minimum absolute atomic E-state index is 0.291. The molecule has 0 aromatic rings. The lowest BCUT2D eigenvalue weighted by Gasteiger charge is -2.15. The lowest BCUT2D eigenvalue weighted by molar-refractivity contribution is -0.161. The molecule has 0 saturated carbocycles. The van der Waals surface area contributed by atoms with Crippen molar-refractivity contribution in [2.45, 2.75) is 18.2 Å². The van der Waals surface area contributed by atoms with Crippen LogP contribution in [-0.4, -0.2) is 33.9 Å². The molecule has 1 unspecified atom stereocenters. The van der Waals surface area contributed by atoms with E-state index < -0.39 is 23.6 Å². The van der Waals surface area contributed by atoms with Crippen LogP contribution in [0.4, 0.5) is 0 Å². The molecular weight excluding hydrogens is 152 g/mol. The van der Waals surface area contributed by atoms with E-state index >= 15 is 0 Å². The quantitative estimate of drug-likeness (QED) is 0.342. The maximum Gasteiger partial charge on any atom is 0.357 e. The minimum Gasteiger partial charge on any atom is -0.478 e. The second-order valence-electron chi connectivity index (χ2n) is 2.47. The maximum absolute atomic E-state index is 10.6. The van der Waals surface area contributed by atoms with Gasteiger partial charge in [0.05, 0.1) is 6.04 Å². The van der Waals surface area contributed by atoms with Crippen molar-refractivity contribution in [1.82, 2.24) is 5.32 Å². The first kappa shape index (κ1) is 7.96. The minimum atomic E-state index is -2.17. The molecule has 0 aliphatic carbocycles. The molecule has 1 aliphatic rings. The Bertz CT molecular complexity index is 215. The standard InChI is InChI=1S/C5H8N2O4/c6-2-1-5(11,4(9)10)7-3(2)8/h2,11H,1,6H2,(H,7,8)(H,9,10)/t2?,5-/m1/s1. The van der Waals surface area contributed by atoms with E-state index in [4.69, 9.17) is 15.9 Å². The van der Waals surface area contributed by atoms with Crippen LogP contribution in [0.2, 0.25) is 0 Å². The summed E-state index contributed by atoms with van der Waals surface area (Å²) >= 11 is 0. The predicted octanol–water partition coefficient (Wildman–Crippen LogP) is -2.39. The lowest BCUT2D eigenvalue weighted by atomic mass is 10.1. The third kappa shape index (κ3) is 1.17. The first-order valence-corrected chi connectivity index (χ1v) is 2.99. The molecule has 0 bridgehead atoms. The average Bonchev–Trinajstić information content (AvgIpc) is 2.09. The Balaban J connectivity index is 2.79. The van der Waals surface area contributed by atoms with Gasteiger partial charge in [-0.05, 0) is 0 Å². The Morgan fingerprint density at radius 3 is 2.55 bits per heavy atom. The summed E-state index contributed by atoms with van der Waals surface area (Å²) in [6.07, 6.45) is -0.291. The summed E-state index contributed by atoms with van der Waals surface area (Å²) in [7, 11) is 0. The number of amides is 1. The van der Waals surface area contributed by atoms with Gasteiger partial charge in [-0.15, -0.1) is 0 Å². The van der Waals surface area contributed by atoms with Gasteiger partial charge in [-0.2, -0.15) is 0 Å². The van der Waals surface area contributed by atoms with E-state index in [1.165, 1.54) is 0 Å². The van der Waals surface area contributed by atoms with Gasteiger partial charge < -0.3 is 21.3 Å². The van der Waals surface area contributed by atoms with Crippen LogP contribution in [0.15, 0.2) is 0 Å². The average molecular weight is 160 g/mol. The Hall–Kier alpha value is -1.14. The van der Waals surface area contributed by atoms with Gasteiger partial charge in [0.2, 0.25) is 11.6 Å². The topological polar surface area (TPSA) is 113 Å². The number of aliphatic carboxylic acids is 1. The monoisotopic (exact) mass is 160 g/mol. The summed E-state index contributed by atoms with van der Waals surface area (Å²) in [6, 6.07) is -0.934. The van der Waals surface area contributed by atoms with E-state index in [-0.39, 0.29) is 6.42 Å². The number of rotatable bonds is 1. The van der Waals surface area contributed by atoms with Crippen molar-refractivity contribution in [2.24, 2.45) is 5.73 Å². The number of aliphatic hydroxyl groups is 1. The fraction of sp³-hybridized carbons (Fsp3) is 0.600. The second kappa shape index (κ2) is 2.18. The molecule has 5 N–H and O–H groups in total. The molecule has 0 radical (unpaired) electrons. The number of nitrogens with two attached hydrogens (primary N) is 1. The van der Waals surface area contributed by atoms with Crippen molar-refractivity contribution in [1.29, 1.82) is 0 Å². The Kier molecular flexibility index (Phi) is 1.57. The number of carbonyl (C=O) groups is 2. The number of hydrogen-bond acceptors (Lipinski definition) is 4. The highest BCUT2D eigenvalue weighted by Gasteiger charge is 2.47. The zero-order valence-electron chi connectivity index (χ0n) is 5.57. The maximum atomic E-state index is 10.6. The molecule has 0 aromatic carbocycles. The van der Waals surface area contributed by atoms with Gasteiger partial charge in [0.1, 0.15) is 0 Å². The Labute approximate surface area is 62.0 Å². The number of nitrogens with one attached hydrogen (secondary N) is 1. The largest absolute Gasteiger partial charge is 0.478 e. The molecular formula is C5H8N2O4. The number of carbonyl (C=O) groups excluding carboxylic acids is 1. The highest BCUT2D eigenvalue weighted by molar-refractivity contribution is 5.92. The summed E-state index contributed by atoms with van der Waals surface area (Å²) in [5.74, 6) is -2.13. The summed E-state index contributed by atoms with van der Waals surface area (Å²) in [5, 5.41) is 19.4. The molecule has 6 nitrogen and oxygen atoms in total. The van der Waals surface area contributed by atoms with Gasteiger partial charge >= 0.3 is 5.97 Å². The van der Waals surface area contributed by atoms with Crippen LogP contribution in [0.5, 0.6) is 0 Å². The number of hydrogen-bond donors (Lipinski definition) is 4. The van der Waals surface area contributed by atoms with Crippen LogP contribution >= 0.6 is 0 Å². The van der Waals surface area contributed by atoms with Gasteiger partial charge in [-0.25, -0.2) is 4.79 Å². The third-order valence-electron chi connectivity index (χ3n) is 1.54. The van der Waals surface area contributed by atoms with Crippen LogP contribution in [-0.2, 0) is 9.59 Å². The van der Waals surface area contributed by atoms with Crippen molar-refractivity contribution < 1.29 is 19.8 Å². The van der Waals surface area contributed by atoms with Crippen LogP contribution in [0.25, 0.3) is 0 Å². The molecule has 0 aromatic heterocycles. The van der Waals surface area contributed by atoms with Gasteiger partial charge in [-0.3, -0.25) is 4.79 Å². The van der Waals surface area contributed by atoms with Crippen LogP contribution in [0.3, 0.4) is 0 Å². The Morgan fingerprint density at radius 2 is 2.36 bits per heavy atom. The van der Waals surface area contributed by atoms with Gasteiger partial charge in [0.25, 0.3) is 0 Å². The van der Waals surface area contributed by atoms with E-state index in [9.17, 15) is 9.59 Å². The highest BCUT2D eigenvalue weighted by atomic mass is 16.4. The van der Waals surface area contributed by atoms with Crippen LogP contribution < -0.4 is 11.1 Å². The molecule has 1 amide bonds. The van der Waals surface area contributed by atoms with E-state index in [0.29, 0.717) is 0 Å².